The van der Waals surface area contributed by atoms with Gasteiger partial charge in [-0.3, -0.25) is 0 Å². The minimum atomic E-state index is -0.138. The number of hydrogen-bond donors (Lipinski definition) is 1. The van der Waals surface area contributed by atoms with Crippen LogP contribution in [-0.2, 0) is 6.42 Å². The fraction of sp³-hybridized carbons (Fsp3) is 0.500. The molecular formula is C12H16FN. The molecule has 1 aromatic rings. The van der Waals surface area contributed by atoms with Crippen LogP contribution in [0.3, 0.4) is 0 Å². The van der Waals surface area contributed by atoms with E-state index in [0.29, 0.717) is 6.04 Å². The molecule has 2 heteroatoms. The summed E-state index contributed by atoms with van der Waals surface area (Å²) in [6, 6.07) is 7.38. The lowest BCUT2D eigenvalue weighted by Gasteiger charge is -2.44. The van der Waals surface area contributed by atoms with Gasteiger partial charge in [0, 0.05) is 11.6 Å². The van der Waals surface area contributed by atoms with E-state index in [0.717, 1.165) is 12.0 Å². The minimum absolute atomic E-state index is 0.138. The first-order chi connectivity index (χ1) is 6.55. The highest BCUT2D eigenvalue weighted by Crippen LogP contribution is 2.25. The molecule has 1 unspecified atom stereocenters. The lowest BCUT2D eigenvalue weighted by atomic mass is 9.82. The Kier molecular flexibility index (Phi) is 2.31. The standard InChI is InChI=1S/C12H16FN/c1-12(2)8-11(14-12)7-9-4-3-5-10(13)6-9/h3-6,11,14H,7-8H2,1-2H3. The number of hydrogen-bond acceptors (Lipinski definition) is 1. The second-order valence-corrected chi connectivity index (χ2v) is 4.76. The summed E-state index contributed by atoms with van der Waals surface area (Å²) in [5.74, 6) is -0.138. The highest BCUT2D eigenvalue weighted by Gasteiger charge is 2.34. The molecule has 1 heterocycles. The van der Waals surface area contributed by atoms with E-state index in [1.807, 2.05) is 6.07 Å². The van der Waals surface area contributed by atoms with Crippen molar-refractivity contribution in [2.45, 2.75) is 38.3 Å². The first kappa shape index (κ1) is 9.66. The van der Waals surface area contributed by atoms with Crippen LogP contribution in [0.2, 0.25) is 0 Å². The molecule has 1 saturated heterocycles. The molecule has 1 atom stereocenters. The van der Waals surface area contributed by atoms with E-state index >= 15 is 0 Å². The van der Waals surface area contributed by atoms with E-state index in [-0.39, 0.29) is 11.4 Å². The Hall–Kier alpha value is -0.890. The molecule has 1 aromatic carbocycles. The van der Waals surface area contributed by atoms with E-state index in [9.17, 15) is 4.39 Å². The molecule has 2 rings (SSSR count). The third kappa shape index (κ3) is 2.13. The highest BCUT2D eigenvalue weighted by atomic mass is 19.1. The zero-order valence-electron chi connectivity index (χ0n) is 8.68. The summed E-state index contributed by atoms with van der Waals surface area (Å²) in [4.78, 5) is 0. The molecule has 0 radical (unpaired) electrons. The first-order valence-electron chi connectivity index (χ1n) is 5.07. The molecule has 1 N–H and O–H groups in total. The Morgan fingerprint density at radius 2 is 2.21 bits per heavy atom. The van der Waals surface area contributed by atoms with Crippen LogP contribution < -0.4 is 5.32 Å². The molecule has 0 amide bonds. The van der Waals surface area contributed by atoms with Crippen LogP contribution in [0.25, 0.3) is 0 Å². The van der Waals surface area contributed by atoms with E-state index in [1.54, 1.807) is 12.1 Å². The molecule has 0 saturated carbocycles. The summed E-state index contributed by atoms with van der Waals surface area (Å²) in [5.41, 5.74) is 1.36. The molecule has 14 heavy (non-hydrogen) atoms. The van der Waals surface area contributed by atoms with Crippen molar-refractivity contribution < 1.29 is 4.39 Å². The Labute approximate surface area is 84.3 Å². The SMILES string of the molecule is CC1(C)CC(Cc2cccc(F)c2)N1. The predicted octanol–water partition coefficient (Wildman–Crippen LogP) is 2.51. The van der Waals surface area contributed by atoms with Gasteiger partial charge in [-0.25, -0.2) is 4.39 Å². The van der Waals surface area contributed by atoms with Crippen LogP contribution in [0.5, 0.6) is 0 Å². The van der Waals surface area contributed by atoms with Crippen molar-refractivity contribution in [3.63, 3.8) is 0 Å². The van der Waals surface area contributed by atoms with Gasteiger partial charge < -0.3 is 5.32 Å². The van der Waals surface area contributed by atoms with Gasteiger partial charge in [-0.1, -0.05) is 12.1 Å². The quantitative estimate of drug-likeness (QED) is 0.761. The van der Waals surface area contributed by atoms with Gasteiger partial charge in [0.15, 0.2) is 0 Å². The maximum atomic E-state index is 12.9. The van der Waals surface area contributed by atoms with Crippen LogP contribution in [0.15, 0.2) is 24.3 Å². The average molecular weight is 193 g/mol. The molecule has 0 spiro atoms. The number of rotatable bonds is 2. The van der Waals surface area contributed by atoms with Crippen molar-refractivity contribution >= 4 is 0 Å². The normalized spacial score (nSPS) is 24.4. The minimum Gasteiger partial charge on any atom is -0.309 e. The summed E-state index contributed by atoms with van der Waals surface area (Å²) < 4.78 is 12.9. The molecule has 1 aliphatic rings. The van der Waals surface area contributed by atoms with Gasteiger partial charge in [0.05, 0.1) is 0 Å². The van der Waals surface area contributed by atoms with Gasteiger partial charge >= 0.3 is 0 Å². The average Bonchev–Trinajstić information content (AvgIpc) is 2.00. The van der Waals surface area contributed by atoms with Gasteiger partial charge in [0.25, 0.3) is 0 Å². The summed E-state index contributed by atoms with van der Waals surface area (Å²) in [5, 5.41) is 3.46. The van der Waals surface area contributed by atoms with Crippen LogP contribution in [0, 0.1) is 5.82 Å². The van der Waals surface area contributed by atoms with E-state index < -0.39 is 0 Å². The van der Waals surface area contributed by atoms with Crippen molar-refractivity contribution in [2.75, 3.05) is 0 Å². The topological polar surface area (TPSA) is 12.0 Å². The third-order valence-corrected chi connectivity index (χ3v) is 2.72. The molecule has 76 valence electrons. The molecule has 1 nitrogen and oxygen atoms in total. The van der Waals surface area contributed by atoms with E-state index in [4.69, 9.17) is 0 Å². The summed E-state index contributed by atoms with van der Waals surface area (Å²) >= 11 is 0. The lowest BCUT2D eigenvalue weighted by molar-refractivity contribution is 0.175. The third-order valence-electron chi connectivity index (χ3n) is 2.72. The second-order valence-electron chi connectivity index (χ2n) is 4.76. The summed E-state index contributed by atoms with van der Waals surface area (Å²) in [6.07, 6.45) is 2.10. The Morgan fingerprint density at radius 3 is 2.79 bits per heavy atom. The molecule has 0 aliphatic carbocycles. The number of halogens is 1. The molecule has 1 aliphatic heterocycles. The fourth-order valence-corrected chi connectivity index (χ4v) is 2.22. The number of benzene rings is 1. The lowest BCUT2D eigenvalue weighted by Crippen LogP contribution is -2.60. The summed E-state index contributed by atoms with van der Waals surface area (Å²) in [7, 11) is 0. The molecular weight excluding hydrogens is 177 g/mol. The van der Waals surface area contributed by atoms with Crippen molar-refractivity contribution in [1.29, 1.82) is 0 Å². The van der Waals surface area contributed by atoms with Crippen molar-refractivity contribution in [2.24, 2.45) is 0 Å². The molecule has 1 fully saturated rings. The van der Waals surface area contributed by atoms with Crippen LogP contribution in [0.1, 0.15) is 25.8 Å². The van der Waals surface area contributed by atoms with Crippen LogP contribution >= 0.6 is 0 Å². The largest absolute Gasteiger partial charge is 0.309 e. The Morgan fingerprint density at radius 1 is 1.50 bits per heavy atom. The van der Waals surface area contributed by atoms with Gasteiger partial charge in [-0.2, -0.15) is 0 Å². The van der Waals surface area contributed by atoms with Crippen molar-refractivity contribution in [3.8, 4) is 0 Å². The smallest absolute Gasteiger partial charge is 0.123 e. The zero-order valence-corrected chi connectivity index (χ0v) is 8.68. The van der Waals surface area contributed by atoms with Crippen molar-refractivity contribution in [1.82, 2.24) is 5.32 Å². The summed E-state index contributed by atoms with van der Waals surface area (Å²) in [6.45, 7) is 4.38. The predicted molar refractivity (Wildman–Crippen MR) is 55.7 cm³/mol. The van der Waals surface area contributed by atoms with E-state index in [2.05, 4.69) is 19.2 Å². The molecule has 0 bridgehead atoms. The Bertz CT molecular complexity index is 325. The van der Waals surface area contributed by atoms with Crippen molar-refractivity contribution in [3.05, 3.63) is 35.6 Å². The first-order valence-corrected chi connectivity index (χ1v) is 5.07. The van der Waals surface area contributed by atoms with Gasteiger partial charge in [-0.15, -0.1) is 0 Å². The number of nitrogens with one attached hydrogen (secondary N) is 1. The van der Waals surface area contributed by atoms with Gasteiger partial charge in [0.2, 0.25) is 0 Å². The Balaban J connectivity index is 1.93. The van der Waals surface area contributed by atoms with Gasteiger partial charge in [0.1, 0.15) is 5.82 Å². The van der Waals surface area contributed by atoms with Crippen LogP contribution in [-0.4, -0.2) is 11.6 Å². The van der Waals surface area contributed by atoms with Gasteiger partial charge in [-0.05, 0) is 44.4 Å². The fourth-order valence-electron chi connectivity index (χ4n) is 2.22. The maximum Gasteiger partial charge on any atom is 0.123 e. The monoisotopic (exact) mass is 193 g/mol. The second kappa shape index (κ2) is 3.35. The highest BCUT2D eigenvalue weighted by molar-refractivity contribution is 5.19. The van der Waals surface area contributed by atoms with Crippen LogP contribution in [0.4, 0.5) is 4.39 Å². The molecule has 0 aromatic heterocycles. The van der Waals surface area contributed by atoms with E-state index in [1.165, 1.54) is 12.5 Å². The maximum absolute atomic E-state index is 12.9. The zero-order chi connectivity index (χ0) is 10.2.